The maximum Gasteiger partial charge on any atom is 0.191 e. The topological polar surface area (TPSA) is 0 Å². The van der Waals surface area contributed by atoms with Gasteiger partial charge in [-0.3, -0.25) is 0 Å². The Kier molecular flexibility index (Phi) is 8.08. The number of hydrogen-bond donors (Lipinski definition) is 0. The molecule has 0 amide bonds. The molecule has 2 aliphatic rings. The molecule has 0 saturated heterocycles. The number of unbranched alkanes of at least 4 members (excludes halogenated alkanes) is 4. The Morgan fingerprint density at radius 2 is 1.00 bits per heavy atom. The van der Waals surface area contributed by atoms with Crippen LogP contribution in [0.3, 0.4) is 0 Å². The first-order valence-electron chi connectivity index (χ1n) is 13.2. The van der Waals surface area contributed by atoms with E-state index in [9.17, 15) is 0 Å². The van der Waals surface area contributed by atoms with E-state index in [1.54, 1.807) is 4.91 Å². The van der Waals surface area contributed by atoms with Crippen LogP contribution in [-0.4, -0.2) is 0 Å². The van der Waals surface area contributed by atoms with Gasteiger partial charge in [0.05, 0.1) is 30.5 Å². The van der Waals surface area contributed by atoms with Gasteiger partial charge in [0, 0.05) is 6.42 Å². The van der Waals surface area contributed by atoms with Crippen molar-refractivity contribution in [3.8, 4) is 0 Å². The second kappa shape index (κ2) is 11.8. The molecular formula is C33H32S4+2. The minimum absolute atomic E-state index is 0.0544. The average Bonchev–Trinajstić information content (AvgIpc) is 2.95. The zero-order chi connectivity index (χ0) is 25.0. The van der Waals surface area contributed by atoms with Crippen LogP contribution < -0.4 is 0 Å². The molecule has 0 saturated carbocycles. The molecule has 0 aromatic heterocycles. The highest BCUT2D eigenvalue weighted by molar-refractivity contribution is 8.07. The van der Waals surface area contributed by atoms with E-state index in [1.807, 2.05) is 23.5 Å². The van der Waals surface area contributed by atoms with Crippen LogP contribution in [0, 0.1) is 0 Å². The van der Waals surface area contributed by atoms with E-state index in [4.69, 9.17) is 0 Å². The van der Waals surface area contributed by atoms with Crippen LogP contribution in [0.5, 0.6) is 0 Å². The summed E-state index contributed by atoms with van der Waals surface area (Å²) in [6.07, 6.45) is 7.73. The smallest absolute Gasteiger partial charge is 0.0795 e. The molecule has 0 N–H and O–H groups in total. The summed E-state index contributed by atoms with van der Waals surface area (Å²) in [5, 5.41) is 2.70. The quantitative estimate of drug-likeness (QED) is 0.156. The molecule has 0 bridgehead atoms. The van der Waals surface area contributed by atoms with Crippen LogP contribution in [-0.2, 0) is 21.8 Å². The highest BCUT2D eigenvalue weighted by Crippen LogP contribution is 2.51. The van der Waals surface area contributed by atoms with Crippen LogP contribution >= 0.6 is 23.5 Å². The summed E-state index contributed by atoms with van der Waals surface area (Å²) in [6.45, 7) is 2.30. The second-order valence-corrected chi connectivity index (χ2v) is 15.4. The van der Waals surface area contributed by atoms with Crippen LogP contribution in [0.2, 0.25) is 0 Å². The predicted molar refractivity (Wildman–Crippen MR) is 163 cm³/mol. The van der Waals surface area contributed by atoms with Crippen LogP contribution in [0.1, 0.15) is 45.4 Å². The van der Waals surface area contributed by atoms with Crippen LogP contribution in [0.15, 0.2) is 147 Å². The van der Waals surface area contributed by atoms with Gasteiger partial charge >= 0.3 is 0 Å². The minimum Gasteiger partial charge on any atom is -0.0795 e. The van der Waals surface area contributed by atoms with Gasteiger partial charge in [-0.1, -0.05) is 105 Å². The van der Waals surface area contributed by atoms with E-state index < -0.39 is 0 Å². The minimum atomic E-state index is -0.0714. The maximum absolute atomic E-state index is 2.70. The fourth-order valence-electron chi connectivity index (χ4n) is 4.97. The summed E-state index contributed by atoms with van der Waals surface area (Å²) in [5.41, 5.74) is 0. The summed E-state index contributed by atoms with van der Waals surface area (Å²) in [6, 6.07) is 36.4. The highest BCUT2D eigenvalue weighted by atomic mass is 32.2. The monoisotopic (exact) mass is 556 g/mol. The number of fused-ring (bicyclic) bond motifs is 4. The summed E-state index contributed by atoms with van der Waals surface area (Å²) in [5.74, 6) is 0. The van der Waals surface area contributed by atoms with Crippen LogP contribution in [0.25, 0.3) is 0 Å². The number of rotatable bonds is 8. The molecule has 0 aliphatic carbocycles. The van der Waals surface area contributed by atoms with Gasteiger partial charge in [0.1, 0.15) is 10.9 Å². The summed E-state index contributed by atoms with van der Waals surface area (Å²) >= 11 is 3.87. The zero-order valence-corrected chi connectivity index (χ0v) is 24.5. The molecule has 0 radical (unpaired) electrons. The van der Waals surface area contributed by atoms with Gasteiger partial charge in [0.2, 0.25) is 0 Å². The lowest BCUT2D eigenvalue weighted by Crippen LogP contribution is -2.16. The molecule has 37 heavy (non-hydrogen) atoms. The fourth-order valence-corrected chi connectivity index (χ4v) is 12.9. The molecule has 0 unspecified atom stereocenters. The normalized spacial score (nSPS) is 15.0. The zero-order valence-electron chi connectivity index (χ0n) is 21.2. The van der Waals surface area contributed by atoms with Gasteiger partial charge in [-0.15, -0.1) is 0 Å². The lowest BCUT2D eigenvalue weighted by atomic mass is 10.1. The molecule has 0 atom stereocenters. The Bertz CT molecular complexity index is 1330. The van der Waals surface area contributed by atoms with Crippen molar-refractivity contribution in [1.29, 1.82) is 0 Å². The molecular weight excluding hydrogens is 525 g/mol. The van der Waals surface area contributed by atoms with E-state index in [2.05, 4.69) is 109 Å². The third-order valence-corrected chi connectivity index (χ3v) is 14.4. The Hall–Kier alpha value is -1.98. The molecule has 2 heterocycles. The van der Waals surface area contributed by atoms with Crippen molar-refractivity contribution in [3.05, 3.63) is 107 Å². The Morgan fingerprint density at radius 3 is 1.51 bits per heavy atom. The van der Waals surface area contributed by atoms with Crippen molar-refractivity contribution in [1.82, 2.24) is 0 Å². The maximum atomic E-state index is 2.70. The van der Waals surface area contributed by atoms with E-state index >= 15 is 0 Å². The van der Waals surface area contributed by atoms with Gasteiger partial charge < -0.3 is 0 Å². The SMILES string of the molecule is CCCCCCC/C(=C\[S+]1c2ccccc2Sc2ccccc21)[S+]1c2ccccc2Sc2ccccc21. The molecule has 4 heteroatoms. The van der Waals surface area contributed by atoms with E-state index in [-0.39, 0.29) is 21.8 Å². The average molecular weight is 557 g/mol. The second-order valence-electron chi connectivity index (χ2n) is 9.38. The molecule has 2 aliphatic heterocycles. The van der Waals surface area contributed by atoms with Gasteiger partial charge in [-0.2, -0.15) is 0 Å². The molecule has 0 spiro atoms. The first-order chi connectivity index (χ1) is 18.3. The molecule has 0 fully saturated rings. The van der Waals surface area contributed by atoms with Crippen molar-refractivity contribution in [2.45, 2.75) is 84.6 Å². The first-order valence-corrected chi connectivity index (χ1v) is 17.4. The van der Waals surface area contributed by atoms with Gasteiger partial charge in [-0.05, 0) is 55.0 Å². The predicted octanol–water partition coefficient (Wildman–Crippen LogP) is 10.6. The van der Waals surface area contributed by atoms with E-state index in [0.29, 0.717) is 0 Å². The van der Waals surface area contributed by atoms with Gasteiger partial charge in [0.15, 0.2) is 29.9 Å². The van der Waals surface area contributed by atoms with E-state index in [1.165, 1.54) is 77.7 Å². The molecule has 4 aromatic carbocycles. The van der Waals surface area contributed by atoms with Gasteiger partial charge in [0.25, 0.3) is 0 Å². The van der Waals surface area contributed by atoms with Crippen molar-refractivity contribution in [3.63, 3.8) is 0 Å². The lowest BCUT2D eigenvalue weighted by Gasteiger charge is -2.21. The van der Waals surface area contributed by atoms with Crippen LogP contribution in [0.4, 0.5) is 0 Å². The molecule has 6 rings (SSSR count). The first kappa shape index (κ1) is 25.3. The summed E-state index contributed by atoms with van der Waals surface area (Å²) in [4.78, 5) is 13.2. The third kappa shape index (κ3) is 5.31. The standard InChI is InChI=1S/C33H32S4/c1-2-3-4-5-6-15-25(37-32-22-13-9-18-28(32)35-29-19-10-14-23-33(29)37)24-36-30-20-11-7-16-26(30)34-27-17-8-12-21-31(27)36/h7-14,16-24H,2-6,15H2,1H3/q+2/b25-24+. The Balaban J connectivity index is 1.49. The van der Waals surface area contributed by atoms with Crippen molar-refractivity contribution >= 4 is 45.3 Å². The van der Waals surface area contributed by atoms with Crippen molar-refractivity contribution in [2.24, 2.45) is 0 Å². The van der Waals surface area contributed by atoms with E-state index in [0.717, 1.165) is 0 Å². The summed E-state index contributed by atoms with van der Waals surface area (Å²) < 4.78 is 0. The van der Waals surface area contributed by atoms with Crippen molar-refractivity contribution in [2.75, 3.05) is 0 Å². The summed E-state index contributed by atoms with van der Waals surface area (Å²) in [7, 11) is -0.126. The highest BCUT2D eigenvalue weighted by Gasteiger charge is 2.43. The molecule has 186 valence electrons. The Morgan fingerprint density at radius 1 is 0.568 bits per heavy atom. The Labute approximate surface area is 236 Å². The lowest BCUT2D eigenvalue weighted by molar-refractivity contribution is 0.635. The third-order valence-electron chi connectivity index (χ3n) is 6.79. The largest absolute Gasteiger partial charge is 0.191 e. The molecule has 4 aromatic rings. The fraction of sp³-hybridized carbons (Fsp3) is 0.212. The molecule has 0 nitrogen and oxygen atoms in total. The number of allylic oxidation sites excluding steroid dienone is 1. The van der Waals surface area contributed by atoms with Gasteiger partial charge in [-0.25, -0.2) is 0 Å². The number of benzene rings is 4. The number of hydrogen-bond acceptors (Lipinski definition) is 2. The van der Waals surface area contributed by atoms with Crippen molar-refractivity contribution < 1.29 is 0 Å².